The van der Waals surface area contributed by atoms with E-state index in [1.807, 2.05) is 0 Å². The molecule has 0 aromatic carbocycles. The number of hydrogen-bond donors (Lipinski definition) is 1. The fourth-order valence-electron chi connectivity index (χ4n) is 3.47. The zero-order valence-corrected chi connectivity index (χ0v) is 13.2. The predicted molar refractivity (Wildman–Crippen MR) is 82.6 cm³/mol. The van der Waals surface area contributed by atoms with E-state index in [9.17, 15) is 4.79 Å². The molecule has 2 aliphatic rings. The summed E-state index contributed by atoms with van der Waals surface area (Å²) >= 11 is 0. The maximum atomic E-state index is 12.8. The summed E-state index contributed by atoms with van der Waals surface area (Å²) in [6.45, 7) is 7.21. The molecule has 0 atom stereocenters. The van der Waals surface area contributed by atoms with E-state index in [0.29, 0.717) is 12.1 Å². The van der Waals surface area contributed by atoms with Gasteiger partial charge in [-0.3, -0.25) is 0 Å². The third-order valence-electron chi connectivity index (χ3n) is 4.95. The number of piperidine rings is 1. The molecule has 2 fully saturated rings. The molecular weight excluding hydrogens is 250 g/mol. The summed E-state index contributed by atoms with van der Waals surface area (Å²) < 4.78 is 0. The van der Waals surface area contributed by atoms with E-state index >= 15 is 0 Å². The fraction of sp³-hybridized carbons (Fsp3) is 0.938. The van der Waals surface area contributed by atoms with E-state index in [1.165, 1.54) is 0 Å². The maximum Gasteiger partial charge on any atom is 0.320 e. The number of hydrogen-bond acceptors (Lipinski definition) is 2. The molecule has 0 aromatic heterocycles. The van der Waals surface area contributed by atoms with Gasteiger partial charge in [-0.1, -0.05) is 13.8 Å². The van der Waals surface area contributed by atoms with Crippen LogP contribution in [0, 0.1) is 5.92 Å². The first kappa shape index (κ1) is 15.6. The van der Waals surface area contributed by atoms with Gasteiger partial charge in [-0.25, -0.2) is 4.79 Å². The summed E-state index contributed by atoms with van der Waals surface area (Å²) in [5, 5.41) is 0. The van der Waals surface area contributed by atoms with Crippen LogP contribution < -0.4 is 5.73 Å². The summed E-state index contributed by atoms with van der Waals surface area (Å²) in [4.78, 5) is 17.0. The van der Waals surface area contributed by atoms with Crippen molar-refractivity contribution in [2.45, 2.75) is 70.9 Å². The van der Waals surface area contributed by atoms with Gasteiger partial charge in [0.2, 0.25) is 0 Å². The van der Waals surface area contributed by atoms with Crippen LogP contribution >= 0.6 is 0 Å². The van der Waals surface area contributed by atoms with Gasteiger partial charge >= 0.3 is 6.03 Å². The van der Waals surface area contributed by atoms with Gasteiger partial charge in [-0.05, 0) is 50.9 Å². The maximum absolute atomic E-state index is 12.8. The monoisotopic (exact) mass is 281 g/mol. The van der Waals surface area contributed by atoms with Crippen LogP contribution in [0.2, 0.25) is 0 Å². The number of nitrogens with zero attached hydrogens (tertiary/aromatic N) is 2. The highest BCUT2D eigenvalue weighted by molar-refractivity contribution is 5.75. The lowest BCUT2D eigenvalue weighted by atomic mass is 9.90. The minimum atomic E-state index is 0.277. The Labute approximate surface area is 123 Å². The van der Waals surface area contributed by atoms with Gasteiger partial charge in [0, 0.05) is 31.7 Å². The van der Waals surface area contributed by atoms with Crippen LogP contribution in [-0.4, -0.2) is 47.5 Å². The van der Waals surface area contributed by atoms with Crippen molar-refractivity contribution in [3.05, 3.63) is 0 Å². The van der Waals surface area contributed by atoms with E-state index < -0.39 is 0 Å². The molecule has 0 unspecified atom stereocenters. The Kier molecular flexibility index (Phi) is 5.70. The normalized spacial score (nSPS) is 28.4. The molecule has 0 spiro atoms. The summed E-state index contributed by atoms with van der Waals surface area (Å²) in [7, 11) is 0. The number of nitrogens with two attached hydrogens (primary N) is 1. The molecule has 2 amide bonds. The van der Waals surface area contributed by atoms with Crippen LogP contribution in [0.1, 0.15) is 58.8 Å². The van der Waals surface area contributed by atoms with Crippen LogP contribution in [-0.2, 0) is 0 Å². The van der Waals surface area contributed by atoms with Gasteiger partial charge in [0.25, 0.3) is 0 Å². The topological polar surface area (TPSA) is 49.6 Å². The Balaban J connectivity index is 1.94. The second kappa shape index (κ2) is 7.30. The molecule has 0 aromatic rings. The minimum Gasteiger partial charge on any atom is -0.328 e. The standard InChI is InChI=1S/C16H31N3O/c1-3-10-19(15-6-4-14(17)5-7-15)16(20)18-11-8-13(2)9-12-18/h13-15H,3-12,17H2,1-2H3. The molecule has 0 radical (unpaired) electrons. The summed E-state index contributed by atoms with van der Waals surface area (Å²) in [5.41, 5.74) is 5.99. The molecule has 4 heteroatoms. The molecule has 2 N–H and O–H groups in total. The van der Waals surface area contributed by atoms with Gasteiger partial charge < -0.3 is 15.5 Å². The van der Waals surface area contributed by atoms with E-state index in [2.05, 4.69) is 23.6 Å². The zero-order valence-electron chi connectivity index (χ0n) is 13.2. The van der Waals surface area contributed by atoms with Crippen molar-refractivity contribution < 1.29 is 4.79 Å². The number of carbonyl (C=O) groups excluding carboxylic acids is 1. The van der Waals surface area contributed by atoms with Gasteiger partial charge in [0.05, 0.1) is 0 Å². The molecule has 0 bridgehead atoms. The second-order valence-electron chi connectivity index (χ2n) is 6.71. The number of amides is 2. The Morgan fingerprint density at radius 3 is 2.30 bits per heavy atom. The second-order valence-corrected chi connectivity index (χ2v) is 6.71. The Hall–Kier alpha value is -0.770. The number of rotatable bonds is 3. The fourth-order valence-corrected chi connectivity index (χ4v) is 3.47. The van der Waals surface area contributed by atoms with Crippen LogP contribution in [0.5, 0.6) is 0 Å². The van der Waals surface area contributed by atoms with E-state index in [4.69, 9.17) is 5.73 Å². The summed E-state index contributed by atoms with van der Waals surface area (Å²) in [6.07, 6.45) is 7.64. The predicted octanol–water partition coefficient (Wildman–Crippen LogP) is 2.82. The molecule has 20 heavy (non-hydrogen) atoms. The summed E-state index contributed by atoms with van der Waals surface area (Å²) in [5.74, 6) is 0.770. The largest absolute Gasteiger partial charge is 0.328 e. The molecule has 116 valence electrons. The van der Waals surface area contributed by atoms with Crippen molar-refractivity contribution in [1.82, 2.24) is 9.80 Å². The number of likely N-dealkylation sites (tertiary alicyclic amines) is 1. The molecule has 1 heterocycles. The van der Waals surface area contributed by atoms with Crippen molar-refractivity contribution in [2.75, 3.05) is 19.6 Å². The van der Waals surface area contributed by atoms with E-state index in [1.54, 1.807) is 0 Å². The van der Waals surface area contributed by atoms with E-state index in [0.717, 1.165) is 70.5 Å². The van der Waals surface area contributed by atoms with Crippen molar-refractivity contribution in [3.8, 4) is 0 Å². The van der Waals surface area contributed by atoms with Gasteiger partial charge in [0.1, 0.15) is 0 Å². The highest BCUT2D eigenvalue weighted by Gasteiger charge is 2.31. The van der Waals surface area contributed by atoms with Crippen molar-refractivity contribution in [2.24, 2.45) is 11.7 Å². The third kappa shape index (κ3) is 3.87. The average molecular weight is 281 g/mol. The summed E-state index contributed by atoms with van der Waals surface area (Å²) in [6, 6.07) is 1.04. The molecule has 1 saturated heterocycles. The Morgan fingerprint density at radius 2 is 1.75 bits per heavy atom. The zero-order chi connectivity index (χ0) is 14.5. The van der Waals surface area contributed by atoms with Crippen LogP contribution in [0.4, 0.5) is 4.79 Å². The first-order valence-electron chi connectivity index (χ1n) is 8.43. The Bertz CT molecular complexity index is 305. The van der Waals surface area contributed by atoms with Crippen LogP contribution in [0.15, 0.2) is 0 Å². The number of urea groups is 1. The smallest absolute Gasteiger partial charge is 0.320 e. The average Bonchev–Trinajstić information content (AvgIpc) is 2.46. The molecule has 1 aliphatic carbocycles. The highest BCUT2D eigenvalue weighted by Crippen LogP contribution is 2.25. The van der Waals surface area contributed by atoms with Crippen molar-refractivity contribution in [3.63, 3.8) is 0 Å². The van der Waals surface area contributed by atoms with Gasteiger partial charge in [-0.15, -0.1) is 0 Å². The van der Waals surface area contributed by atoms with Crippen molar-refractivity contribution >= 4 is 6.03 Å². The highest BCUT2D eigenvalue weighted by atomic mass is 16.2. The molecule has 2 rings (SSSR count). The SMILES string of the molecule is CCCN(C(=O)N1CCC(C)CC1)C1CCC(N)CC1. The lowest BCUT2D eigenvalue weighted by Crippen LogP contribution is -2.52. The number of carbonyl (C=O) groups is 1. The molecular formula is C16H31N3O. The molecule has 4 nitrogen and oxygen atoms in total. The van der Waals surface area contributed by atoms with Crippen LogP contribution in [0.25, 0.3) is 0 Å². The molecule has 1 aliphatic heterocycles. The first-order valence-corrected chi connectivity index (χ1v) is 8.43. The minimum absolute atomic E-state index is 0.277. The quantitative estimate of drug-likeness (QED) is 0.865. The van der Waals surface area contributed by atoms with Crippen molar-refractivity contribution in [1.29, 1.82) is 0 Å². The lowest BCUT2D eigenvalue weighted by molar-refractivity contribution is 0.105. The first-order chi connectivity index (χ1) is 9.61. The van der Waals surface area contributed by atoms with Gasteiger partial charge in [0.15, 0.2) is 0 Å². The third-order valence-corrected chi connectivity index (χ3v) is 4.95. The van der Waals surface area contributed by atoms with Crippen LogP contribution in [0.3, 0.4) is 0 Å². The van der Waals surface area contributed by atoms with Gasteiger partial charge in [-0.2, -0.15) is 0 Å². The lowest BCUT2D eigenvalue weighted by Gasteiger charge is -2.40. The molecule has 1 saturated carbocycles. The van der Waals surface area contributed by atoms with E-state index in [-0.39, 0.29) is 6.03 Å². The Morgan fingerprint density at radius 1 is 1.15 bits per heavy atom.